The number of nitrogens with one attached hydrogen (secondary N) is 1. The molecular weight excluding hydrogens is 272 g/mol. The molecule has 2 heterocycles. The van der Waals surface area contributed by atoms with Gasteiger partial charge >= 0.3 is 0 Å². The first kappa shape index (κ1) is 12.4. The number of anilines is 1. The van der Waals surface area contributed by atoms with Gasteiger partial charge in [0.25, 0.3) is 0 Å². The number of nitrogens with zero attached hydrogens (tertiary/aromatic N) is 1. The first-order valence-corrected chi connectivity index (χ1v) is 7.56. The molecule has 0 amide bonds. The Balaban J connectivity index is 2.01. The monoisotopic (exact) mass is 288 g/mol. The summed E-state index contributed by atoms with van der Waals surface area (Å²) >= 11 is 6.24. The molecule has 1 aliphatic heterocycles. The van der Waals surface area contributed by atoms with Crippen LogP contribution in [0.15, 0.2) is 12.1 Å². The van der Waals surface area contributed by atoms with Crippen LogP contribution >= 0.6 is 11.6 Å². The van der Waals surface area contributed by atoms with Crippen molar-refractivity contribution >= 4 is 28.2 Å². The highest BCUT2D eigenvalue weighted by atomic mass is 35.5. The first-order valence-electron chi connectivity index (χ1n) is 7.18. The molecule has 104 valence electrons. The van der Waals surface area contributed by atoms with E-state index in [1.165, 1.54) is 29.8 Å². The average Bonchev–Trinajstić information content (AvgIpc) is 3.24. The number of ether oxygens (including phenoxy) is 1. The second-order valence-corrected chi connectivity index (χ2v) is 6.19. The number of benzene rings is 1. The molecule has 3 nitrogen and oxygen atoms in total. The van der Waals surface area contributed by atoms with Gasteiger partial charge in [0, 0.05) is 28.4 Å². The Kier molecular flexibility index (Phi) is 2.86. The Morgan fingerprint density at radius 3 is 3.00 bits per heavy atom. The zero-order valence-corrected chi connectivity index (χ0v) is 12.3. The molecule has 1 aliphatic carbocycles. The molecule has 1 aromatic heterocycles. The van der Waals surface area contributed by atoms with Gasteiger partial charge in [0.2, 0.25) is 0 Å². The van der Waals surface area contributed by atoms with Crippen LogP contribution in [0.4, 0.5) is 5.69 Å². The third-order valence-electron chi connectivity index (χ3n) is 4.09. The van der Waals surface area contributed by atoms with Gasteiger partial charge in [-0.05, 0) is 37.5 Å². The maximum Gasteiger partial charge on any atom is 0.0756 e. The fourth-order valence-electron chi connectivity index (χ4n) is 2.89. The summed E-state index contributed by atoms with van der Waals surface area (Å²) in [4.78, 5) is 4.87. The molecule has 1 fully saturated rings. The summed E-state index contributed by atoms with van der Waals surface area (Å²) < 4.78 is 5.63. The Hall–Kier alpha value is -1.32. The molecule has 4 rings (SSSR count). The predicted octanol–water partition coefficient (Wildman–Crippen LogP) is 3.84. The third kappa shape index (κ3) is 2.05. The number of aryl methyl sites for hydroxylation is 1. The highest BCUT2D eigenvalue weighted by Gasteiger charge is 2.26. The normalized spacial score (nSPS) is 18.1. The predicted molar refractivity (Wildman–Crippen MR) is 81.5 cm³/mol. The van der Waals surface area contributed by atoms with Crippen LogP contribution in [-0.4, -0.2) is 17.6 Å². The lowest BCUT2D eigenvalue weighted by atomic mass is 10.0. The summed E-state index contributed by atoms with van der Waals surface area (Å²) in [6.07, 6.45) is 3.39. The zero-order chi connectivity index (χ0) is 13.7. The quantitative estimate of drug-likeness (QED) is 0.911. The molecule has 4 heteroatoms. The van der Waals surface area contributed by atoms with Crippen LogP contribution in [0.25, 0.3) is 10.9 Å². The number of aromatic nitrogens is 1. The number of hydrogen-bond donors (Lipinski definition) is 1. The van der Waals surface area contributed by atoms with E-state index in [1.807, 2.05) is 12.1 Å². The summed E-state index contributed by atoms with van der Waals surface area (Å²) in [5.74, 6) is 0. The van der Waals surface area contributed by atoms with Gasteiger partial charge in [-0.1, -0.05) is 11.6 Å². The van der Waals surface area contributed by atoms with Gasteiger partial charge in [0.15, 0.2) is 0 Å². The number of rotatable bonds is 2. The van der Waals surface area contributed by atoms with Gasteiger partial charge in [0.05, 0.1) is 30.1 Å². The minimum absolute atomic E-state index is 0.603. The van der Waals surface area contributed by atoms with Crippen LogP contribution in [0, 0.1) is 6.92 Å². The van der Waals surface area contributed by atoms with Crippen molar-refractivity contribution in [2.45, 2.75) is 38.8 Å². The Labute approximate surface area is 123 Å². The maximum absolute atomic E-state index is 6.24. The number of halogens is 1. The van der Waals surface area contributed by atoms with Crippen LogP contribution in [0.2, 0.25) is 5.02 Å². The first-order chi connectivity index (χ1) is 9.72. The largest absolute Gasteiger partial charge is 0.381 e. The lowest BCUT2D eigenvalue weighted by molar-refractivity contribution is 0.110. The van der Waals surface area contributed by atoms with Crippen molar-refractivity contribution in [1.82, 2.24) is 4.98 Å². The van der Waals surface area contributed by atoms with Crippen molar-refractivity contribution in [3.8, 4) is 0 Å². The molecule has 20 heavy (non-hydrogen) atoms. The van der Waals surface area contributed by atoms with E-state index in [2.05, 4.69) is 12.2 Å². The zero-order valence-electron chi connectivity index (χ0n) is 11.5. The molecule has 1 N–H and O–H groups in total. The van der Waals surface area contributed by atoms with Gasteiger partial charge < -0.3 is 10.1 Å². The van der Waals surface area contributed by atoms with E-state index in [0.29, 0.717) is 12.6 Å². The van der Waals surface area contributed by atoms with E-state index in [1.54, 1.807) is 0 Å². The molecule has 0 spiro atoms. The maximum atomic E-state index is 6.24. The molecule has 0 unspecified atom stereocenters. The van der Waals surface area contributed by atoms with Crippen LogP contribution in [0.1, 0.15) is 29.7 Å². The highest BCUT2D eigenvalue weighted by molar-refractivity contribution is 6.31. The van der Waals surface area contributed by atoms with E-state index >= 15 is 0 Å². The van der Waals surface area contributed by atoms with Crippen LogP contribution in [0.5, 0.6) is 0 Å². The van der Waals surface area contributed by atoms with E-state index in [0.717, 1.165) is 34.5 Å². The topological polar surface area (TPSA) is 34.2 Å². The fraction of sp³-hybridized carbons (Fsp3) is 0.438. The fourth-order valence-corrected chi connectivity index (χ4v) is 3.16. The van der Waals surface area contributed by atoms with Gasteiger partial charge in [-0.15, -0.1) is 0 Å². The van der Waals surface area contributed by atoms with Crippen LogP contribution < -0.4 is 5.32 Å². The molecule has 0 bridgehead atoms. The second kappa shape index (κ2) is 4.61. The molecule has 1 saturated carbocycles. The van der Waals surface area contributed by atoms with E-state index in [4.69, 9.17) is 21.3 Å². The van der Waals surface area contributed by atoms with E-state index in [9.17, 15) is 0 Å². The van der Waals surface area contributed by atoms with Crippen molar-refractivity contribution < 1.29 is 4.74 Å². The molecular formula is C16H17ClN2O. The molecule has 0 saturated heterocycles. The van der Waals surface area contributed by atoms with Gasteiger partial charge in [-0.3, -0.25) is 4.98 Å². The van der Waals surface area contributed by atoms with Gasteiger partial charge in [-0.2, -0.15) is 0 Å². The number of fused-ring (bicyclic) bond motifs is 2. The molecule has 0 radical (unpaired) electrons. The molecule has 2 aromatic rings. The second-order valence-electron chi connectivity index (χ2n) is 5.75. The SMILES string of the molecule is Cc1cc(Cl)cc2c(NC3CC3)c3c(nc12)CCOC3. The summed E-state index contributed by atoms with van der Waals surface area (Å²) in [5, 5.41) is 5.56. The molecule has 2 aliphatic rings. The van der Waals surface area contributed by atoms with Crippen molar-refractivity contribution in [3.63, 3.8) is 0 Å². The van der Waals surface area contributed by atoms with Crippen LogP contribution in [-0.2, 0) is 17.8 Å². The summed E-state index contributed by atoms with van der Waals surface area (Å²) in [7, 11) is 0. The third-order valence-corrected chi connectivity index (χ3v) is 4.31. The average molecular weight is 289 g/mol. The lowest BCUT2D eigenvalue weighted by Gasteiger charge is -2.22. The Morgan fingerprint density at radius 2 is 2.20 bits per heavy atom. The van der Waals surface area contributed by atoms with Crippen LogP contribution in [0.3, 0.4) is 0 Å². The molecule has 1 aromatic carbocycles. The van der Waals surface area contributed by atoms with Crippen molar-refractivity contribution in [3.05, 3.63) is 34.0 Å². The highest BCUT2D eigenvalue weighted by Crippen LogP contribution is 2.37. The summed E-state index contributed by atoms with van der Waals surface area (Å²) in [5.41, 5.74) is 5.80. The minimum Gasteiger partial charge on any atom is -0.381 e. The van der Waals surface area contributed by atoms with Gasteiger partial charge in [-0.25, -0.2) is 0 Å². The van der Waals surface area contributed by atoms with Crippen molar-refractivity contribution in [1.29, 1.82) is 0 Å². The van der Waals surface area contributed by atoms with E-state index < -0.39 is 0 Å². The van der Waals surface area contributed by atoms with E-state index in [-0.39, 0.29) is 0 Å². The lowest BCUT2D eigenvalue weighted by Crippen LogP contribution is -2.16. The Bertz CT molecular complexity index is 695. The van der Waals surface area contributed by atoms with Gasteiger partial charge in [0.1, 0.15) is 0 Å². The van der Waals surface area contributed by atoms with Crippen molar-refractivity contribution in [2.24, 2.45) is 0 Å². The smallest absolute Gasteiger partial charge is 0.0756 e. The number of pyridine rings is 1. The summed E-state index contributed by atoms with van der Waals surface area (Å²) in [6, 6.07) is 4.62. The minimum atomic E-state index is 0.603. The molecule has 0 atom stereocenters. The number of hydrogen-bond acceptors (Lipinski definition) is 3. The summed E-state index contributed by atoms with van der Waals surface area (Å²) in [6.45, 7) is 3.49. The van der Waals surface area contributed by atoms with Crippen molar-refractivity contribution in [2.75, 3.05) is 11.9 Å². The Morgan fingerprint density at radius 1 is 1.35 bits per heavy atom. The standard InChI is InChI=1S/C16H17ClN2O/c1-9-6-10(17)7-12-15(9)19-14-4-5-20-8-13(14)16(12)18-11-2-3-11/h6-7,11H,2-5,8H2,1H3,(H,18,19).